The van der Waals surface area contributed by atoms with Crippen molar-refractivity contribution >= 4 is 17.5 Å². The van der Waals surface area contributed by atoms with E-state index in [0.717, 1.165) is 38.5 Å². The van der Waals surface area contributed by atoms with Crippen molar-refractivity contribution < 1.29 is 19.5 Å². The van der Waals surface area contributed by atoms with Gasteiger partial charge in [0.1, 0.15) is 5.78 Å². The van der Waals surface area contributed by atoms with E-state index in [4.69, 9.17) is 0 Å². The molecule has 4 heteroatoms. The largest absolute Gasteiger partial charge is 0.481 e. The van der Waals surface area contributed by atoms with Crippen LogP contribution in [-0.2, 0) is 14.4 Å². The third-order valence-corrected chi connectivity index (χ3v) is 7.82. The summed E-state index contributed by atoms with van der Waals surface area (Å²) in [7, 11) is 0. The van der Waals surface area contributed by atoms with Crippen molar-refractivity contribution in [3.8, 4) is 0 Å². The molecule has 4 nitrogen and oxygen atoms in total. The van der Waals surface area contributed by atoms with Crippen molar-refractivity contribution in [2.24, 2.45) is 34.5 Å². The lowest BCUT2D eigenvalue weighted by Crippen LogP contribution is -2.50. The molecule has 3 aliphatic carbocycles. The summed E-state index contributed by atoms with van der Waals surface area (Å²) in [4.78, 5) is 36.5. The number of Topliss-reactive ketones (excluding diaryl/α,β-unsaturated/α-hetero) is 1. The van der Waals surface area contributed by atoms with Gasteiger partial charge in [0, 0.05) is 17.8 Å². The summed E-state index contributed by atoms with van der Waals surface area (Å²) in [6, 6.07) is 0. The van der Waals surface area contributed by atoms with Gasteiger partial charge < -0.3 is 5.11 Å². The number of hydrogen-bond acceptors (Lipinski definition) is 3. The van der Waals surface area contributed by atoms with Crippen molar-refractivity contribution in [1.82, 2.24) is 0 Å². The Morgan fingerprint density at radius 2 is 1.88 bits per heavy atom. The van der Waals surface area contributed by atoms with Gasteiger partial charge in [0.2, 0.25) is 0 Å². The molecule has 0 amide bonds. The molecule has 0 saturated heterocycles. The monoisotopic (exact) mass is 346 g/mol. The Morgan fingerprint density at radius 1 is 1.16 bits per heavy atom. The maximum Gasteiger partial charge on any atom is 0.303 e. The van der Waals surface area contributed by atoms with Gasteiger partial charge in [-0.1, -0.05) is 19.9 Å². The quantitative estimate of drug-likeness (QED) is 0.834. The number of carbonyl (C=O) groups is 3. The first-order valence-electron chi connectivity index (χ1n) is 9.63. The molecule has 0 heterocycles. The molecule has 0 spiro atoms. The second-order valence-corrected chi connectivity index (χ2v) is 8.98. The first-order valence-corrected chi connectivity index (χ1v) is 9.63. The Morgan fingerprint density at radius 3 is 2.48 bits per heavy atom. The fraction of sp³-hybridized carbons (Fsp3) is 0.762. The third-order valence-electron chi connectivity index (χ3n) is 7.82. The standard InChI is InChI=1S/C21H30O4/c1-13(22)15-7-8-16-14(12-19(24)25)17(9-11-20(15,16)2)21(3)10-5-4-6-18(21)23/h4,6,14-17H,5,7-12H2,1-3H3,(H,24,25)/t14-,15+,16-,17-,20+,21+/m0/s1. The lowest BCUT2D eigenvalue weighted by Gasteiger charge is -2.53. The molecule has 3 aliphatic rings. The molecular formula is C21H30O4. The zero-order chi connectivity index (χ0) is 18.4. The minimum absolute atomic E-state index is 0.0129. The van der Waals surface area contributed by atoms with E-state index in [9.17, 15) is 19.5 Å². The van der Waals surface area contributed by atoms with Gasteiger partial charge in [-0.2, -0.15) is 0 Å². The molecule has 0 bridgehead atoms. The molecule has 6 atom stereocenters. The highest BCUT2D eigenvalue weighted by atomic mass is 16.4. The highest BCUT2D eigenvalue weighted by molar-refractivity contribution is 5.95. The van der Waals surface area contributed by atoms with Gasteiger partial charge >= 0.3 is 5.97 Å². The van der Waals surface area contributed by atoms with E-state index in [1.165, 1.54) is 0 Å². The van der Waals surface area contributed by atoms with Gasteiger partial charge in [-0.05, 0) is 74.7 Å². The molecule has 1 N–H and O–H groups in total. The molecule has 0 aromatic carbocycles. The molecule has 0 aromatic rings. The molecule has 3 rings (SSSR count). The summed E-state index contributed by atoms with van der Waals surface area (Å²) in [5.74, 6) is -0.0284. The zero-order valence-electron chi connectivity index (χ0n) is 15.6. The van der Waals surface area contributed by atoms with Crippen LogP contribution in [0.3, 0.4) is 0 Å². The number of allylic oxidation sites excluding steroid dienone is 2. The summed E-state index contributed by atoms with van der Waals surface area (Å²) < 4.78 is 0. The first-order chi connectivity index (χ1) is 11.7. The molecule has 2 fully saturated rings. The van der Waals surface area contributed by atoms with Crippen LogP contribution in [-0.4, -0.2) is 22.6 Å². The summed E-state index contributed by atoms with van der Waals surface area (Å²) in [5.41, 5.74) is -0.559. The number of hydrogen-bond donors (Lipinski definition) is 1. The minimum atomic E-state index is -0.784. The van der Waals surface area contributed by atoms with Crippen LogP contribution < -0.4 is 0 Å². The number of carboxylic acids is 1. The summed E-state index contributed by atoms with van der Waals surface area (Å²) in [6.07, 6.45) is 8.99. The van der Waals surface area contributed by atoms with Crippen LogP contribution in [0.25, 0.3) is 0 Å². The van der Waals surface area contributed by atoms with Gasteiger partial charge in [0.25, 0.3) is 0 Å². The normalized spacial score (nSPS) is 43.7. The lowest BCUT2D eigenvalue weighted by atomic mass is 9.50. The predicted molar refractivity (Wildman–Crippen MR) is 95.0 cm³/mol. The summed E-state index contributed by atoms with van der Waals surface area (Å²) >= 11 is 0. The highest BCUT2D eigenvalue weighted by Crippen LogP contribution is 2.63. The topological polar surface area (TPSA) is 71.4 Å². The number of aliphatic carboxylic acids is 1. The second-order valence-electron chi connectivity index (χ2n) is 8.98. The predicted octanol–water partition coefficient (Wildman–Crippen LogP) is 4.03. The van der Waals surface area contributed by atoms with Gasteiger partial charge in [-0.3, -0.25) is 14.4 Å². The van der Waals surface area contributed by atoms with E-state index in [1.54, 1.807) is 13.0 Å². The van der Waals surface area contributed by atoms with Crippen molar-refractivity contribution in [3.63, 3.8) is 0 Å². The Kier molecular flexibility index (Phi) is 4.67. The Labute approximate surface area is 150 Å². The number of fused-ring (bicyclic) bond motifs is 1. The minimum Gasteiger partial charge on any atom is -0.481 e. The van der Waals surface area contributed by atoms with Crippen LogP contribution in [0.4, 0.5) is 0 Å². The maximum atomic E-state index is 12.7. The second kappa shape index (κ2) is 6.37. The molecule has 0 aliphatic heterocycles. The molecule has 0 radical (unpaired) electrons. The maximum absolute atomic E-state index is 12.7. The van der Waals surface area contributed by atoms with Crippen LogP contribution in [0, 0.1) is 34.5 Å². The third kappa shape index (κ3) is 2.88. The van der Waals surface area contributed by atoms with Gasteiger partial charge in [0.05, 0.1) is 0 Å². The lowest BCUT2D eigenvalue weighted by molar-refractivity contribution is -0.146. The van der Waals surface area contributed by atoms with E-state index in [-0.39, 0.29) is 47.1 Å². The van der Waals surface area contributed by atoms with Gasteiger partial charge in [-0.25, -0.2) is 0 Å². The summed E-state index contributed by atoms with van der Waals surface area (Å²) in [5, 5.41) is 9.54. The molecule has 25 heavy (non-hydrogen) atoms. The number of carbonyl (C=O) groups excluding carboxylic acids is 2. The van der Waals surface area contributed by atoms with E-state index < -0.39 is 11.4 Å². The van der Waals surface area contributed by atoms with Crippen molar-refractivity contribution in [2.45, 2.75) is 65.7 Å². The molecule has 0 unspecified atom stereocenters. The van der Waals surface area contributed by atoms with Crippen molar-refractivity contribution in [3.05, 3.63) is 12.2 Å². The molecule has 2 saturated carbocycles. The Balaban J connectivity index is 1.96. The van der Waals surface area contributed by atoms with Gasteiger partial charge in [0.15, 0.2) is 5.78 Å². The van der Waals surface area contributed by atoms with E-state index >= 15 is 0 Å². The first kappa shape index (κ1) is 18.3. The smallest absolute Gasteiger partial charge is 0.303 e. The van der Waals surface area contributed by atoms with E-state index in [0.29, 0.717) is 0 Å². The average molecular weight is 346 g/mol. The fourth-order valence-electron chi connectivity index (χ4n) is 6.49. The molecule has 0 aromatic heterocycles. The highest BCUT2D eigenvalue weighted by Gasteiger charge is 2.59. The van der Waals surface area contributed by atoms with Crippen molar-refractivity contribution in [2.75, 3.05) is 0 Å². The van der Waals surface area contributed by atoms with Crippen LogP contribution in [0.1, 0.15) is 65.7 Å². The number of carboxylic acid groups (broad SMARTS) is 1. The fourth-order valence-corrected chi connectivity index (χ4v) is 6.49. The molecule has 138 valence electrons. The van der Waals surface area contributed by atoms with Crippen LogP contribution in [0.2, 0.25) is 0 Å². The van der Waals surface area contributed by atoms with Crippen LogP contribution in [0.15, 0.2) is 12.2 Å². The van der Waals surface area contributed by atoms with Gasteiger partial charge in [-0.15, -0.1) is 0 Å². The van der Waals surface area contributed by atoms with E-state index in [2.05, 4.69) is 6.92 Å². The SMILES string of the molecule is CC(=O)[C@H]1CC[C@H]2[C@H](CC(=O)O)[C@@H]([C@@]3(C)CCC=CC3=O)CC[C@]12C. The molecular weight excluding hydrogens is 316 g/mol. The van der Waals surface area contributed by atoms with Crippen LogP contribution in [0.5, 0.6) is 0 Å². The zero-order valence-corrected chi connectivity index (χ0v) is 15.6. The van der Waals surface area contributed by atoms with E-state index in [1.807, 2.05) is 13.0 Å². The van der Waals surface area contributed by atoms with Crippen LogP contribution >= 0.6 is 0 Å². The number of rotatable bonds is 4. The average Bonchev–Trinajstić information content (AvgIpc) is 2.88. The Bertz CT molecular complexity index is 621. The summed E-state index contributed by atoms with van der Waals surface area (Å²) in [6.45, 7) is 5.90. The number of ketones is 2. The Hall–Kier alpha value is -1.45. The van der Waals surface area contributed by atoms with Crippen molar-refractivity contribution in [1.29, 1.82) is 0 Å².